The van der Waals surface area contributed by atoms with Gasteiger partial charge in [0.15, 0.2) is 0 Å². The van der Waals surface area contributed by atoms with Crippen LogP contribution in [0.2, 0.25) is 0 Å². The molecule has 0 atom stereocenters. The Morgan fingerprint density at radius 2 is 2.10 bits per heavy atom. The molecule has 112 valence electrons. The molecule has 0 fully saturated rings. The molecule has 0 spiro atoms. The minimum absolute atomic E-state index is 0. The van der Waals surface area contributed by atoms with Crippen molar-refractivity contribution >= 4 is 23.7 Å². The van der Waals surface area contributed by atoms with Gasteiger partial charge in [0, 0.05) is 23.8 Å². The van der Waals surface area contributed by atoms with Crippen molar-refractivity contribution in [3.63, 3.8) is 0 Å². The fourth-order valence-corrected chi connectivity index (χ4v) is 2.57. The second-order valence-electron chi connectivity index (χ2n) is 4.87. The molecular weight excluding hydrogens is 294 g/mol. The Bertz CT molecular complexity index is 508. The summed E-state index contributed by atoms with van der Waals surface area (Å²) < 4.78 is 1.84. The van der Waals surface area contributed by atoms with Crippen molar-refractivity contribution in [2.24, 2.45) is 5.73 Å². The predicted octanol–water partition coefficient (Wildman–Crippen LogP) is 2.09. The van der Waals surface area contributed by atoms with Gasteiger partial charge in [-0.15, -0.1) is 12.4 Å². The van der Waals surface area contributed by atoms with Gasteiger partial charge >= 0.3 is 0 Å². The molecule has 0 aliphatic carbocycles. The van der Waals surface area contributed by atoms with Crippen molar-refractivity contribution < 1.29 is 0 Å². The van der Waals surface area contributed by atoms with Gasteiger partial charge in [0.1, 0.15) is 0 Å². The SMILES string of the molecule is CN(C)CCCCc1cnn(-c2ncc(CN)s2)c1.Cl. The molecule has 5 nitrogen and oxygen atoms in total. The van der Waals surface area contributed by atoms with Gasteiger partial charge in [-0.2, -0.15) is 5.10 Å². The van der Waals surface area contributed by atoms with Crippen LogP contribution < -0.4 is 5.73 Å². The van der Waals surface area contributed by atoms with Crippen LogP contribution in [-0.2, 0) is 13.0 Å². The largest absolute Gasteiger partial charge is 0.326 e. The van der Waals surface area contributed by atoms with E-state index in [-0.39, 0.29) is 12.4 Å². The van der Waals surface area contributed by atoms with E-state index >= 15 is 0 Å². The summed E-state index contributed by atoms with van der Waals surface area (Å²) in [5.41, 5.74) is 6.86. The molecule has 2 aromatic heterocycles. The summed E-state index contributed by atoms with van der Waals surface area (Å²) in [5, 5.41) is 5.25. The number of thiazole rings is 1. The van der Waals surface area contributed by atoms with Crippen molar-refractivity contribution in [2.45, 2.75) is 25.8 Å². The molecule has 2 N–H and O–H groups in total. The Morgan fingerprint density at radius 3 is 2.75 bits per heavy atom. The van der Waals surface area contributed by atoms with Crippen LogP contribution in [0.5, 0.6) is 0 Å². The van der Waals surface area contributed by atoms with E-state index < -0.39 is 0 Å². The Labute approximate surface area is 130 Å². The lowest BCUT2D eigenvalue weighted by molar-refractivity contribution is 0.394. The number of nitrogens with two attached hydrogens (primary N) is 1. The van der Waals surface area contributed by atoms with Crippen LogP contribution >= 0.6 is 23.7 Å². The summed E-state index contributed by atoms with van der Waals surface area (Å²) in [6, 6.07) is 0. The van der Waals surface area contributed by atoms with E-state index in [1.54, 1.807) is 11.3 Å². The van der Waals surface area contributed by atoms with E-state index in [2.05, 4.69) is 35.3 Å². The van der Waals surface area contributed by atoms with Crippen LogP contribution in [-0.4, -0.2) is 40.3 Å². The lowest BCUT2D eigenvalue weighted by Gasteiger charge is -2.07. The maximum atomic E-state index is 5.59. The Morgan fingerprint density at radius 1 is 1.30 bits per heavy atom. The van der Waals surface area contributed by atoms with Crippen LogP contribution in [0.25, 0.3) is 5.13 Å². The minimum atomic E-state index is 0. The van der Waals surface area contributed by atoms with Crippen molar-refractivity contribution in [3.05, 3.63) is 29.0 Å². The van der Waals surface area contributed by atoms with E-state index in [1.807, 2.05) is 17.1 Å². The lowest BCUT2D eigenvalue weighted by atomic mass is 10.1. The zero-order chi connectivity index (χ0) is 13.7. The van der Waals surface area contributed by atoms with Gasteiger partial charge in [-0.25, -0.2) is 9.67 Å². The van der Waals surface area contributed by atoms with Gasteiger partial charge in [-0.3, -0.25) is 0 Å². The molecule has 0 amide bonds. The van der Waals surface area contributed by atoms with E-state index in [0.717, 1.165) is 23.0 Å². The van der Waals surface area contributed by atoms with Crippen LogP contribution in [0.1, 0.15) is 23.3 Å². The lowest BCUT2D eigenvalue weighted by Crippen LogP contribution is -2.12. The molecule has 0 bridgehead atoms. The molecule has 0 saturated heterocycles. The van der Waals surface area contributed by atoms with Crippen molar-refractivity contribution in [3.8, 4) is 5.13 Å². The van der Waals surface area contributed by atoms with Gasteiger partial charge in [0.25, 0.3) is 0 Å². The zero-order valence-electron chi connectivity index (χ0n) is 12.0. The molecule has 0 aromatic carbocycles. The first kappa shape index (κ1) is 17.1. The molecule has 0 unspecified atom stereocenters. The van der Waals surface area contributed by atoms with Gasteiger partial charge < -0.3 is 10.6 Å². The highest BCUT2D eigenvalue weighted by atomic mass is 35.5. The van der Waals surface area contributed by atoms with Crippen molar-refractivity contribution in [1.29, 1.82) is 0 Å². The normalized spacial score (nSPS) is 10.8. The van der Waals surface area contributed by atoms with Gasteiger partial charge in [0.2, 0.25) is 5.13 Å². The fraction of sp³-hybridized carbons (Fsp3) is 0.538. The average molecular weight is 316 g/mol. The molecule has 0 radical (unpaired) electrons. The fourth-order valence-electron chi connectivity index (χ4n) is 1.85. The molecule has 0 saturated carbocycles. The quantitative estimate of drug-likeness (QED) is 0.795. The number of hydrogen-bond donors (Lipinski definition) is 1. The van der Waals surface area contributed by atoms with Crippen LogP contribution in [0.15, 0.2) is 18.6 Å². The third-order valence-corrected chi connectivity index (χ3v) is 3.90. The monoisotopic (exact) mass is 315 g/mol. The summed E-state index contributed by atoms with van der Waals surface area (Å²) in [7, 11) is 4.21. The molecule has 7 heteroatoms. The van der Waals surface area contributed by atoms with E-state index in [4.69, 9.17) is 5.73 Å². The summed E-state index contributed by atoms with van der Waals surface area (Å²) in [5.74, 6) is 0. The molecule has 0 aliphatic heterocycles. The van der Waals surface area contributed by atoms with Crippen LogP contribution in [0.4, 0.5) is 0 Å². The number of nitrogens with zero attached hydrogens (tertiary/aromatic N) is 4. The maximum Gasteiger partial charge on any atom is 0.210 e. The van der Waals surface area contributed by atoms with Gasteiger partial charge in [-0.05, 0) is 45.5 Å². The Balaban J connectivity index is 0.00000200. The minimum Gasteiger partial charge on any atom is -0.326 e. The predicted molar refractivity (Wildman–Crippen MR) is 85.9 cm³/mol. The summed E-state index contributed by atoms with van der Waals surface area (Å²) in [6.07, 6.45) is 9.29. The topological polar surface area (TPSA) is 60.0 Å². The highest BCUT2D eigenvalue weighted by Crippen LogP contribution is 2.17. The third kappa shape index (κ3) is 4.86. The number of aromatic nitrogens is 3. The molecule has 2 aromatic rings. The second-order valence-corrected chi connectivity index (χ2v) is 5.96. The number of unbranched alkanes of at least 4 members (excludes halogenated alkanes) is 1. The number of hydrogen-bond acceptors (Lipinski definition) is 5. The standard InChI is InChI=1S/C13H21N5S.ClH/c1-17(2)6-4-3-5-11-8-16-18(10-11)13-15-9-12(7-14)19-13;/h8-10H,3-7,14H2,1-2H3;1H. The first-order chi connectivity index (χ1) is 9.19. The summed E-state index contributed by atoms with van der Waals surface area (Å²) in [4.78, 5) is 7.62. The summed E-state index contributed by atoms with van der Waals surface area (Å²) in [6.45, 7) is 1.68. The summed E-state index contributed by atoms with van der Waals surface area (Å²) >= 11 is 1.59. The number of rotatable bonds is 7. The third-order valence-electron chi connectivity index (χ3n) is 2.90. The average Bonchev–Trinajstić information content (AvgIpc) is 3.02. The Hall–Kier alpha value is -0.950. The smallest absolute Gasteiger partial charge is 0.210 e. The maximum absolute atomic E-state index is 5.59. The zero-order valence-corrected chi connectivity index (χ0v) is 13.6. The molecule has 0 aliphatic rings. The number of aryl methyl sites for hydroxylation is 1. The number of halogens is 1. The van der Waals surface area contributed by atoms with E-state index in [9.17, 15) is 0 Å². The van der Waals surface area contributed by atoms with Gasteiger partial charge in [-0.1, -0.05) is 11.3 Å². The van der Waals surface area contributed by atoms with E-state index in [1.165, 1.54) is 18.4 Å². The van der Waals surface area contributed by atoms with Crippen LogP contribution in [0, 0.1) is 0 Å². The highest BCUT2D eigenvalue weighted by molar-refractivity contribution is 7.14. The first-order valence-electron chi connectivity index (χ1n) is 6.52. The Kier molecular flexibility index (Phi) is 7.15. The molecular formula is C13H22ClN5S. The highest BCUT2D eigenvalue weighted by Gasteiger charge is 2.05. The van der Waals surface area contributed by atoms with Crippen LogP contribution in [0.3, 0.4) is 0 Å². The van der Waals surface area contributed by atoms with E-state index in [0.29, 0.717) is 6.54 Å². The molecule has 2 rings (SSSR count). The molecule has 2 heterocycles. The van der Waals surface area contributed by atoms with Gasteiger partial charge in [0.05, 0.1) is 6.20 Å². The first-order valence-corrected chi connectivity index (χ1v) is 7.34. The van der Waals surface area contributed by atoms with Crippen molar-refractivity contribution in [2.75, 3.05) is 20.6 Å². The molecule has 20 heavy (non-hydrogen) atoms. The van der Waals surface area contributed by atoms with Crippen molar-refractivity contribution in [1.82, 2.24) is 19.7 Å². The second kappa shape index (κ2) is 8.36.